The van der Waals surface area contributed by atoms with Crippen molar-refractivity contribution in [2.24, 2.45) is 0 Å². The highest BCUT2D eigenvalue weighted by molar-refractivity contribution is 7.89. The van der Waals surface area contributed by atoms with Crippen molar-refractivity contribution in [3.8, 4) is 5.75 Å². The summed E-state index contributed by atoms with van der Waals surface area (Å²) in [6.07, 6.45) is -4.88. The average molecular weight is 494 g/mol. The Bertz CT molecular complexity index is 1080. The Morgan fingerprint density at radius 1 is 1.16 bits per heavy atom. The molecule has 0 saturated carbocycles. The van der Waals surface area contributed by atoms with E-state index in [1.807, 2.05) is 0 Å². The number of alkyl halides is 3. The second-order valence-electron chi connectivity index (χ2n) is 6.61. The summed E-state index contributed by atoms with van der Waals surface area (Å²) in [5.41, 5.74) is 0.125. The maximum absolute atomic E-state index is 12.9. The number of carbonyl (C=O) groups excluding carboxylic acids is 1. The molecule has 0 bridgehead atoms. The van der Waals surface area contributed by atoms with Crippen LogP contribution in [0.2, 0.25) is 5.02 Å². The van der Waals surface area contributed by atoms with Crippen molar-refractivity contribution in [1.29, 1.82) is 0 Å². The molecule has 1 aliphatic rings. The van der Waals surface area contributed by atoms with Gasteiger partial charge in [0.05, 0.1) is 30.5 Å². The summed E-state index contributed by atoms with van der Waals surface area (Å²) < 4.78 is 73.6. The molecule has 1 saturated heterocycles. The monoisotopic (exact) mass is 493 g/mol. The van der Waals surface area contributed by atoms with Gasteiger partial charge in [-0.25, -0.2) is 8.42 Å². The molecule has 0 atom stereocenters. The molecule has 1 fully saturated rings. The zero-order chi connectivity index (χ0) is 23.4. The first-order valence-corrected chi connectivity index (χ1v) is 11.1. The maximum atomic E-state index is 12.9. The molecule has 0 spiro atoms. The number of carbonyl (C=O) groups is 1. The molecule has 8 nitrogen and oxygen atoms in total. The van der Waals surface area contributed by atoms with E-state index in [-0.39, 0.29) is 47.6 Å². The van der Waals surface area contributed by atoms with Gasteiger partial charge in [0.1, 0.15) is 4.90 Å². The van der Waals surface area contributed by atoms with Gasteiger partial charge in [-0.05, 0) is 30.3 Å². The molecule has 174 valence electrons. The minimum atomic E-state index is -4.88. The van der Waals surface area contributed by atoms with E-state index in [0.29, 0.717) is 0 Å². The largest absolute Gasteiger partial charge is 0.573 e. The third-order valence-electron chi connectivity index (χ3n) is 4.35. The van der Waals surface area contributed by atoms with Crippen molar-refractivity contribution < 1.29 is 35.9 Å². The number of hydrogen-bond donors (Lipinski definition) is 2. The van der Waals surface area contributed by atoms with Gasteiger partial charge in [-0.2, -0.15) is 4.31 Å². The Morgan fingerprint density at radius 3 is 2.53 bits per heavy atom. The lowest BCUT2D eigenvalue weighted by molar-refractivity contribution is -0.274. The van der Waals surface area contributed by atoms with Gasteiger partial charge < -0.3 is 20.1 Å². The first-order chi connectivity index (χ1) is 15.1. The van der Waals surface area contributed by atoms with E-state index in [1.54, 1.807) is 0 Å². The Hall–Kier alpha value is -2.54. The van der Waals surface area contributed by atoms with E-state index in [1.165, 1.54) is 40.7 Å². The van der Waals surface area contributed by atoms with Gasteiger partial charge in [0.25, 0.3) is 0 Å². The summed E-state index contributed by atoms with van der Waals surface area (Å²) in [5.74, 6) is -1.11. The van der Waals surface area contributed by atoms with E-state index in [9.17, 15) is 26.4 Å². The number of amides is 1. The molecule has 2 aromatic rings. The Kier molecular flexibility index (Phi) is 7.49. The Labute approximate surface area is 187 Å². The number of nitrogens with zero attached hydrogens (tertiary/aromatic N) is 1. The Balaban J connectivity index is 1.68. The quantitative estimate of drug-likeness (QED) is 0.614. The number of rotatable bonds is 7. The molecule has 0 radical (unpaired) electrons. The summed E-state index contributed by atoms with van der Waals surface area (Å²) >= 11 is 6.08. The second kappa shape index (κ2) is 9.94. The summed E-state index contributed by atoms with van der Waals surface area (Å²) in [6.45, 7) is 0.487. The molecule has 1 aliphatic heterocycles. The highest BCUT2D eigenvalue weighted by atomic mass is 35.5. The van der Waals surface area contributed by atoms with Crippen molar-refractivity contribution in [1.82, 2.24) is 4.31 Å². The fourth-order valence-electron chi connectivity index (χ4n) is 2.91. The van der Waals surface area contributed by atoms with Crippen LogP contribution in [0.1, 0.15) is 0 Å². The molecule has 1 heterocycles. The molecule has 13 heteroatoms. The van der Waals surface area contributed by atoms with Crippen LogP contribution >= 0.6 is 11.6 Å². The summed E-state index contributed by atoms with van der Waals surface area (Å²) in [5, 5.41) is 5.04. The van der Waals surface area contributed by atoms with Crippen molar-refractivity contribution in [3.05, 3.63) is 47.5 Å². The van der Waals surface area contributed by atoms with Gasteiger partial charge in [-0.1, -0.05) is 23.7 Å². The van der Waals surface area contributed by atoms with Crippen LogP contribution in [0.4, 0.5) is 24.5 Å². The van der Waals surface area contributed by atoms with E-state index in [0.717, 1.165) is 6.07 Å². The lowest BCUT2D eigenvalue weighted by atomic mass is 10.3. The van der Waals surface area contributed by atoms with Gasteiger partial charge >= 0.3 is 6.36 Å². The molecule has 0 unspecified atom stereocenters. The zero-order valence-corrected chi connectivity index (χ0v) is 18.1. The highest BCUT2D eigenvalue weighted by Crippen LogP contribution is 2.30. The van der Waals surface area contributed by atoms with Crippen molar-refractivity contribution in [2.45, 2.75) is 11.3 Å². The van der Waals surface area contributed by atoms with Crippen molar-refractivity contribution in [2.75, 3.05) is 43.5 Å². The number of sulfonamides is 1. The molecular formula is C19H19ClF3N3O5S. The molecule has 0 aromatic heterocycles. The number of nitrogens with one attached hydrogen (secondary N) is 2. The molecule has 32 heavy (non-hydrogen) atoms. The van der Waals surface area contributed by atoms with Gasteiger partial charge in [0, 0.05) is 18.8 Å². The van der Waals surface area contributed by atoms with Crippen LogP contribution in [-0.2, 0) is 19.6 Å². The van der Waals surface area contributed by atoms with E-state index >= 15 is 0 Å². The molecule has 1 amide bonds. The maximum Gasteiger partial charge on any atom is 0.573 e. The number of halogens is 4. The normalized spacial score (nSPS) is 15.2. The standard InChI is InChI=1S/C19H19ClF3N3O5S/c20-14-6-5-13(11-17(14)32(28,29)26-7-9-30-10-8-26)25-18(27)12-24-15-3-1-2-4-16(15)31-19(21,22)23/h1-6,11,24H,7-10,12H2,(H,25,27). The summed E-state index contributed by atoms with van der Waals surface area (Å²) in [6, 6.07) is 9.25. The number of para-hydroxylation sites is 2. The predicted octanol–water partition coefficient (Wildman–Crippen LogP) is 3.31. The van der Waals surface area contributed by atoms with Crippen LogP contribution in [0, 0.1) is 0 Å². The SMILES string of the molecule is O=C(CNc1ccccc1OC(F)(F)F)Nc1ccc(Cl)c(S(=O)(=O)N2CCOCC2)c1. The fourth-order valence-corrected chi connectivity index (χ4v) is 4.82. The van der Waals surface area contributed by atoms with Crippen molar-refractivity contribution in [3.63, 3.8) is 0 Å². The first-order valence-electron chi connectivity index (χ1n) is 9.32. The lowest BCUT2D eigenvalue weighted by Crippen LogP contribution is -2.40. The van der Waals surface area contributed by atoms with Crippen LogP contribution in [0.15, 0.2) is 47.4 Å². The van der Waals surface area contributed by atoms with Gasteiger partial charge in [-0.3, -0.25) is 4.79 Å². The summed E-state index contributed by atoms with van der Waals surface area (Å²) in [7, 11) is -3.90. The first kappa shape index (κ1) is 24.1. The number of anilines is 2. The van der Waals surface area contributed by atoms with Crippen molar-refractivity contribution >= 4 is 38.9 Å². The van der Waals surface area contributed by atoms with E-state index < -0.39 is 34.6 Å². The van der Waals surface area contributed by atoms with E-state index in [4.69, 9.17) is 16.3 Å². The van der Waals surface area contributed by atoms with Crippen LogP contribution in [0.25, 0.3) is 0 Å². The minimum Gasteiger partial charge on any atom is -0.404 e. The topological polar surface area (TPSA) is 97.0 Å². The number of morpholine rings is 1. The predicted molar refractivity (Wildman–Crippen MR) is 111 cm³/mol. The third kappa shape index (κ3) is 6.25. The zero-order valence-electron chi connectivity index (χ0n) is 16.5. The van der Waals surface area contributed by atoms with E-state index in [2.05, 4.69) is 15.4 Å². The highest BCUT2D eigenvalue weighted by Gasteiger charge is 2.32. The lowest BCUT2D eigenvalue weighted by Gasteiger charge is -2.26. The van der Waals surface area contributed by atoms with Gasteiger partial charge in [0.15, 0.2) is 5.75 Å². The average Bonchev–Trinajstić information content (AvgIpc) is 2.74. The number of ether oxygens (including phenoxy) is 2. The van der Waals surface area contributed by atoms with Crippen LogP contribution in [0.3, 0.4) is 0 Å². The fraction of sp³-hybridized carbons (Fsp3) is 0.316. The number of benzene rings is 2. The molecule has 2 N–H and O–H groups in total. The van der Waals surface area contributed by atoms with Gasteiger partial charge in [0.2, 0.25) is 15.9 Å². The minimum absolute atomic E-state index is 0.00848. The molecular weight excluding hydrogens is 475 g/mol. The Morgan fingerprint density at radius 2 is 1.84 bits per heavy atom. The molecule has 0 aliphatic carbocycles. The van der Waals surface area contributed by atoms with Gasteiger partial charge in [-0.15, -0.1) is 13.2 Å². The second-order valence-corrected chi connectivity index (χ2v) is 8.92. The molecule has 3 rings (SSSR count). The third-order valence-corrected chi connectivity index (χ3v) is 6.74. The van der Waals surface area contributed by atoms with Crippen LogP contribution in [0.5, 0.6) is 5.75 Å². The van der Waals surface area contributed by atoms with Crippen LogP contribution in [-0.4, -0.2) is 57.8 Å². The summed E-state index contributed by atoms with van der Waals surface area (Å²) in [4.78, 5) is 12.1. The smallest absolute Gasteiger partial charge is 0.404 e. The number of hydrogen-bond acceptors (Lipinski definition) is 6. The van der Waals surface area contributed by atoms with Crippen LogP contribution < -0.4 is 15.4 Å². The molecule has 2 aromatic carbocycles.